The van der Waals surface area contributed by atoms with Crippen LogP contribution >= 0.6 is 0 Å². The van der Waals surface area contributed by atoms with Crippen molar-refractivity contribution in [1.29, 1.82) is 0 Å². The van der Waals surface area contributed by atoms with Gasteiger partial charge in [-0.3, -0.25) is 0 Å². The summed E-state index contributed by atoms with van der Waals surface area (Å²) in [4.78, 5) is 0.110. The lowest BCUT2D eigenvalue weighted by Crippen LogP contribution is -2.18. The van der Waals surface area contributed by atoms with E-state index in [2.05, 4.69) is 10.5 Å². The summed E-state index contributed by atoms with van der Waals surface area (Å²) in [5.74, 6) is 0.744. The number of rotatable bonds is 5. The lowest BCUT2D eigenvalue weighted by Gasteiger charge is -2.13. The van der Waals surface area contributed by atoms with Crippen molar-refractivity contribution >= 4 is 10.0 Å². The number of aromatic nitrogens is 1. The van der Waals surface area contributed by atoms with Crippen LogP contribution in [0.3, 0.4) is 0 Å². The fraction of sp³-hybridized carbons (Fsp3) is 0.250. The summed E-state index contributed by atoms with van der Waals surface area (Å²) in [7, 11) is -3.64. The molecule has 0 fully saturated rings. The Hall–Kier alpha value is -1.70. The van der Waals surface area contributed by atoms with Crippen molar-refractivity contribution in [3.05, 3.63) is 47.9 Å². The van der Waals surface area contributed by atoms with Crippen LogP contribution in [0.4, 0.5) is 0 Å². The molecule has 6 nitrogen and oxygen atoms in total. The maximum Gasteiger partial charge on any atom is 0.238 e. The van der Waals surface area contributed by atoms with E-state index in [1.165, 1.54) is 12.1 Å². The highest BCUT2D eigenvalue weighted by atomic mass is 32.2. The number of nitrogens with zero attached hydrogens (tertiary/aromatic N) is 1. The van der Waals surface area contributed by atoms with Crippen molar-refractivity contribution in [2.24, 2.45) is 5.14 Å². The van der Waals surface area contributed by atoms with Crippen molar-refractivity contribution in [1.82, 2.24) is 10.5 Å². The normalized spacial score (nSPS) is 13.4. The Morgan fingerprint density at radius 3 is 2.53 bits per heavy atom. The van der Waals surface area contributed by atoms with Crippen LogP contribution in [0.5, 0.6) is 0 Å². The Labute approximate surface area is 111 Å². The molecule has 1 aromatic carbocycles. The fourth-order valence-electron chi connectivity index (χ4n) is 1.65. The maximum absolute atomic E-state index is 11.1. The molecule has 0 aliphatic heterocycles. The van der Waals surface area contributed by atoms with Gasteiger partial charge in [-0.25, -0.2) is 13.6 Å². The molecular weight excluding hydrogens is 266 g/mol. The molecular formula is C12H15N3O3S. The van der Waals surface area contributed by atoms with E-state index in [1.807, 2.05) is 6.92 Å². The zero-order chi connectivity index (χ0) is 13.9. The van der Waals surface area contributed by atoms with Crippen LogP contribution < -0.4 is 10.5 Å². The molecule has 0 saturated heterocycles. The van der Waals surface area contributed by atoms with E-state index >= 15 is 0 Å². The average Bonchev–Trinajstić information content (AvgIpc) is 2.88. The van der Waals surface area contributed by atoms with Gasteiger partial charge in [0.2, 0.25) is 10.0 Å². The molecule has 1 unspecified atom stereocenters. The quantitative estimate of drug-likeness (QED) is 0.857. The molecule has 0 radical (unpaired) electrons. The SMILES string of the molecule is CC(NCc1ccno1)c1ccc(S(N)(=O)=O)cc1. The van der Waals surface area contributed by atoms with Gasteiger partial charge in [0.25, 0.3) is 0 Å². The van der Waals surface area contributed by atoms with E-state index in [9.17, 15) is 8.42 Å². The molecule has 0 spiro atoms. The minimum absolute atomic E-state index is 0.0552. The summed E-state index contributed by atoms with van der Waals surface area (Å²) in [6, 6.07) is 8.30. The van der Waals surface area contributed by atoms with Gasteiger partial charge in [0.15, 0.2) is 0 Å². The molecule has 2 aromatic rings. The second-order valence-electron chi connectivity index (χ2n) is 4.20. The Bertz CT molecular complexity index is 621. The molecule has 0 bridgehead atoms. The van der Waals surface area contributed by atoms with Crippen LogP contribution in [-0.2, 0) is 16.6 Å². The lowest BCUT2D eigenvalue weighted by molar-refractivity contribution is 0.366. The molecule has 1 aromatic heterocycles. The van der Waals surface area contributed by atoms with Gasteiger partial charge in [-0.15, -0.1) is 0 Å². The first-order valence-corrected chi connectivity index (χ1v) is 7.27. The van der Waals surface area contributed by atoms with Gasteiger partial charge in [-0.1, -0.05) is 17.3 Å². The molecule has 0 aliphatic rings. The second-order valence-corrected chi connectivity index (χ2v) is 5.76. The number of hydrogen-bond donors (Lipinski definition) is 2. The van der Waals surface area contributed by atoms with Gasteiger partial charge in [0.1, 0.15) is 5.76 Å². The largest absolute Gasteiger partial charge is 0.360 e. The summed E-state index contributed by atoms with van der Waals surface area (Å²) in [5, 5.41) is 11.9. The highest BCUT2D eigenvalue weighted by molar-refractivity contribution is 7.89. The van der Waals surface area contributed by atoms with Gasteiger partial charge < -0.3 is 9.84 Å². The summed E-state index contributed by atoms with van der Waals surface area (Å²) in [6.45, 7) is 2.53. The van der Waals surface area contributed by atoms with Crippen molar-refractivity contribution < 1.29 is 12.9 Å². The molecule has 3 N–H and O–H groups in total. The Kier molecular flexibility index (Phi) is 3.98. The number of benzene rings is 1. The first-order valence-electron chi connectivity index (χ1n) is 5.72. The van der Waals surface area contributed by atoms with E-state index in [-0.39, 0.29) is 10.9 Å². The van der Waals surface area contributed by atoms with Crippen LogP contribution in [-0.4, -0.2) is 13.6 Å². The summed E-state index contributed by atoms with van der Waals surface area (Å²) in [5.41, 5.74) is 0.965. The molecule has 7 heteroatoms. The molecule has 0 saturated carbocycles. The molecule has 2 rings (SSSR count). The smallest absolute Gasteiger partial charge is 0.238 e. The summed E-state index contributed by atoms with van der Waals surface area (Å²) >= 11 is 0. The highest BCUT2D eigenvalue weighted by Crippen LogP contribution is 2.16. The number of sulfonamides is 1. The van der Waals surface area contributed by atoms with E-state index in [0.29, 0.717) is 6.54 Å². The zero-order valence-electron chi connectivity index (χ0n) is 10.4. The molecule has 0 amide bonds. The minimum Gasteiger partial charge on any atom is -0.360 e. The third kappa shape index (κ3) is 3.63. The minimum atomic E-state index is -3.64. The van der Waals surface area contributed by atoms with Gasteiger partial charge >= 0.3 is 0 Å². The first-order chi connectivity index (χ1) is 8.97. The van der Waals surface area contributed by atoms with Crippen molar-refractivity contribution in [2.45, 2.75) is 24.4 Å². The van der Waals surface area contributed by atoms with E-state index in [4.69, 9.17) is 9.66 Å². The van der Waals surface area contributed by atoms with E-state index in [1.54, 1.807) is 24.4 Å². The maximum atomic E-state index is 11.1. The highest BCUT2D eigenvalue weighted by Gasteiger charge is 2.10. The molecule has 102 valence electrons. The van der Waals surface area contributed by atoms with Crippen LogP contribution in [0, 0.1) is 0 Å². The summed E-state index contributed by atoms with van der Waals surface area (Å²) < 4.78 is 27.3. The Morgan fingerprint density at radius 2 is 2.00 bits per heavy atom. The molecule has 0 aliphatic carbocycles. The molecule has 1 atom stereocenters. The van der Waals surface area contributed by atoms with Gasteiger partial charge in [-0.05, 0) is 24.6 Å². The molecule has 1 heterocycles. The predicted molar refractivity (Wildman–Crippen MR) is 69.6 cm³/mol. The number of nitrogens with two attached hydrogens (primary N) is 1. The molecule has 19 heavy (non-hydrogen) atoms. The topological polar surface area (TPSA) is 98.2 Å². The predicted octanol–water partition coefficient (Wildman–Crippen LogP) is 1.17. The summed E-state index contributed by atoms with van der Waals surface area (Å²) in [6.07, 6.45) is 1.59. The number of primary sulfonamides is 1. The van der Waals surface area contributed by atoms with Crippen LogP contribution in [0.1, 0.15) is 24.3 Å². The van der Waals surface area contributed by atoms with Crippen LogP contribution in [0.15, 0.2) is 45.9 Å². The van der Waals surface area contributed by atoms with Crippen LogP contribution in [0.2, 0.25) is 0 Å². The van der Waals surface area contributed by atoms with E-state index < -0.39 is 10.0 Å². The number of hydrogen-bond acceptors (Lipinski definition) is 5. The first kappa shape index (κ1) is 13.7. The van der Waals surface area contributed by atoms with Crippen molar-refractivity contribution in [3.63, 3.8) is 0 Å². The van der Waals surface area contributed by atoms with E-state index in [0.717, 1.165) is 11.3 Å². The zero-order valence-corrected chi connectivity index (χ0v) is 11.2. The number of nitrogens with one attached hydrogen (secondary N) is 1. The third-order valence-corrected chi connectivity index (χ3v) is 3.71. The average molecular weight is 281 g/mol. The van der Waals surface area contributed by atoms with Gasteiger partial charge in [0.05, 0.1) is 17.6 Å². The monoisotopic (exact) mass is 281 g/mol. The van der Waals surface area contributed by atoms with Crippen molar-refractivity contribution in [3.8, 4) is 0 Å². The lowest BCUT2D eigenvalue weighted by atomic mass is 10.1. The second kappa shape index (κ2) is 5.52. The third-order valence-electron chi connectivity index (χ3n) is 2.78. The van der Waals surface area contributed by atoms with Crippen molar-refractivity contribution in [2.75, 3.05) is 0 Å². The Morgan fingerprint density at radius 1 is 1.32 bits per heavy atom. The Balaban J connectivity index is 2.01. The van der Waals surface area contributed by atoms with Crippen LogP contribution in [0.25, 0.3) is 0 Å². The standard InChI is InChI=1S/C12H15N3O3S/c1-9(14-8-11-6-7-15-18-11)10-2-4-12(5-3-10)19(13,16)17/h2-7,9,14H,8H2,1H3,(H2,13,16,17). The van der Waals surface area contributed by atoms with Gasteiger partial charge in [0, 0.05) is 12.1 Å². The van der Waals surface area contributed by atoms with Gasteiger partial charge in [-0.2, -0.15) is 0 Å². The fourth-order valence-corrected chi connectivity index (χ4v) is 2.17.